The van der Waals surface area contributed by atoms with Gasteiger partial charge in [-0.25, -0.2) is 17.9 Å². The first-order chi connectivity index (χ1) is 9.75. The monoisotopic (exact) mass is 329 g/mol. The Labute approximate surface area is 125 Å². The van der Waals surface area contributed by atoms with Crippen LogP contribution in [0.15, 0.2) is 32.0 Å². The van der Waals surface area contributed by atoms with Gasteiger partial charge in [0.05, 0.1) is 0 Å². The highest BCUT2D eigenvalue weighted by Crippen LogP contribution is 2.11. The third-order valence-electron chi connectivity index (χ3n) is 3.19. The standard InChI is InChI=1S/C12H15N3O4S2/c1-8-10(11(16)15(3)12(17)14(8)2)21(18,19)13-7-9-5-4-6-20-9/h4-6,13H,7H2,1-3H3. The SMILES string of the molecule is Cc1c(S(=O)(=O)NCc2cccs2)c(=O)n(C)c(=O)n1C. The number of rotatable bonds is 4. The van der Waals surface area contributed by atoms with Crippen LogP contribution in [-0.4, -0.2) is 17.6 Å². The second kappa shape index (κ2) is 5.58. The van der Waals surface area contributed by atoms with E-state index in [9.17, 15) is 18.0 Å². The molecule has 0 aliphatic carbocycles. The molecule has 0 aromatic carbocycles. The summed E-state index contributed by atoms with van der Waals surface area (Å²) < 4.78 is 29.0. The van der Waals surface area contributed by atoms with Crippen LogP contribution in [0.3, 0.4) is 0 Å². The van der Waals surface area contributed by atoms with Crippen molar-refractivity contribution in [3.63, 3.8) is 0 Å². The Kier molecular flexibility index (Phi) is 4.17. The maximum atomic E-state index is 12.3. The van der Waals surface area contributed by atoms with Crippen molar-refractivity contribution in [3.05, 3.63) is 48.9 Å². The molecule has 0 unspecified atom stereocenters. The van der Waals surface area contributed by atoms with Gasteiger partial charge in [0.15, 0.2) is 4.90 Å². The Bertz CT molecular complexity index is 876. The van der Waals surface area contributed by atoms with E-state index < -0.39 is 26.2 Å². The van der Waals surface area contributed by atoms with E-state index >= 15 is 0 Å². The summed E-state index contributed by atoms with van der Waals surface area (Å²) >= 11 is 1.41. The minimum absolute atomic E-state index is 0.103. The molecule has 0 bridgehead atoms. The van der Waals surface area contributed by atoms with Crippen molar-refractivity contribution in [2.24, 2.45) is 14.1 Å². The molecule has 21 heavy (non-hydrogen) atoms. The molecule has 0 amide bonds. The third kappa shape index (κ3) is 2.85. The lowest BCUT2D eigenvalue weighted by Crippen LogP contribution is -2.43. The first kappa shape index (κ1) is 15.7. The Morgan fingerprint density at radius 1 is 1.24 bits per heavy atom. The molecule has 0 radical (unpaired) electrons. The van der Waals surface area contributed by atoms with Crippen molar-refractivity contribution in [2.75, 3.05) is 0 Å². The molecule has 0 spiro atoms. The highest BCUT2D eigenvalue weighted by Gasteiger charge is 2.24. The number of hydrogen-bond acceptors (Lipinski definition) is 5. The summed E-state index contributed by atoms with van der Waals surface area (Å²) in [5.74, 6) is 0. The summed E-state index contributed by atoms with van der Waals surface area (Å²) in [7, 11) is -1.32. The van der Waals surface area contributed by atoms with Crippen LogP contribution in [0.1, 0.15) is 10.6 Å². The molecule has 2 heterocycles. The van der Waals surface area contributed by atoms with Crippen molar-refractivity contribution in [1.29, 1.82) is 0 Å². The zero-order valence-electron chi connectivity index (χ0n) is 11.8. The fourth-order valence-electron chi connectivity index (χ4n) is 1.88. The molecule has 0 atom stereocenters. The van der Waals surface area contributed by atoms with E-state index in [1.54, 1.807) is 6.07 Å². The van der Waals surface area contributed by atoms with Crippen molar-refractivity contribution in [3.8, 4) is 0 Å². The number of sulfonamides is 1. The molecule has 114 valence electrons. The van der Waals surface area contributed by atoms with E-state index in [2.05, 4.69) is 4.72 Å². The van der Waals surface area contributed by atoms with Crippen molar-refractivity contribution >= 4 is 21.4 Å². The fourth-order valence-corrected chi connectivity index (χ4v) is 3.99. The molecule has 7 nitrogen and oxygen atoms in total. The largest absolute Gasteiger partial charge is 0.330 e. The lowest BCUT2D eigenvalue weighted by atomic mass is 10.4. The fraction of sp³-hybridized carbons (Fsp3) is 0.333. The lowest BCUT2D eigenvalue weighted by Gasteiger charge is -2.12. The number of nitrogens with zero attached hydrogens (tertiary/aromatic N) is 2. The van der Waals surface area contributed by atoms with Gasteiger partial charge in [-0.15, -0.1) is 11.3 Å². The molecule has 9 heteroatoms. The zero-order chi connectivity index (χ0) is 15.8. The first-order valence-electron chi connectivity index (χ1n) is 6.04. The Morgan fingerprint density at radius 2 is 1.90 bits per heavy atom. The maximum Gasteiger partial charge on any atom is 0.330 e. The molecule has 2 rings (SSSR count). The number of thiophene rings is 1. The molecular weight excluding hydrogens is 314 g/mol. The lowest BCUT2D eigenvalue weighted by molar-refractivity contribution is 0.566. The van der Waals surface area contributed by atoms with E-state index in [1.165, 1.54) is 32.4 Å². The van der Waals surface area contributed by atoms with Crippen molar-refractivity contribution in [2.45, 2.75) is 18.4 Å². The van der Waals surface area contributed by atoms with Crippen LogP contribution in [0.4, 0.5) is 0 Å². The van der Waals surface area contributed by atoms with Gasteiger partial charge in [0.2, 0.25) is 10.0 Å². The van der Waals surface area contributed by atoms with Gasteiger partial charge in [-0.1, -0.05) is 6.07 Å². The second-order valence-electron chi connectivity index (χ2n) is 4.52. The van der Waals surface area contributed by atoms with Gasteiger partial charge < -0.3 is 0 Å². The summed E-state index contributed by atoms with van der Waals surface area (Å²) in [4.78, 5) is 24.3. The molecule has 0 aliphatic rings. The Hall–Kier alpha value is -1.71. The van der Waals surface area contributed by atoms with Crippen LogP contribution >= 0.6 is 11.3 Å². The van der Waals surface area contributed by atoms with Crippen LogP contribution < -0.4 is 16.0 Å². The summed E-state index contributed by atoms with van der Waals surface area (Å²) in [6, 6.07) is 3.60. The minimum atomic E-state index is -4.00. The summed E-state index contributed by atoms with van der Waals surface area (Å²) in [6.45, 7) is 1.54. The average molecular weight is 329 g/mol. The minimum Gasteiger partial charge on any atom is -0.300 e. The van der Waals surface area contributed by atoms with Gasteiger partial charge in [-0.2, -0.15) is 0 Å². The molecule has 0 aliphatic heterocycles. The van der Waals surface area contributed by atoms with E-state index in [4.69, 9.17) is 0 Å². The van der Waals surface area contributed by atoms with Gasteiger partial charge in [-0.3, -0.25) is 13.9 Å². The van der Waals surface area contributed by atoms with E-state index in [1.807, 2.05) is 11.4 Å². The van der Waals surface area contributed by atoms with E-state index in [-0.39, 0.29) is 12.2 Å². The molecule has 0 saturated carbocycles. The van der Waals surface area contributed by atoms with Gasteiger partial charge in [0, 0.05) is 31.2 Å². The van der Waals surface area contributed by atoms with Crippen molar-refractivity contribution in [1.82, 2.24) is 13.9 Å². The smallest absolute Gasteiger partial charge is 0.300 e. The van der Waals surface area contributed by atoms with Gasteiger partial charge >= 0.3 is 5.69 Å². The molecular formula is C12H15N3O4S2. The van der Waals surface area contributed by atoms with Gasteiger partial charge in [-0.05, 0) is 18.4 Å². The second-order valence-corrected chi connectivity index (χ2v) is 7.26. The summed E-state index contributed by atoms with van der Waals surface area (Å²) in [5.41, 5.74) is -1.27. The number of aromatic nitrogens is 2. The maximum absolute atomic E-state index is 12.3. The molecule has 0 saturated heterocycles. The van der Waals surface area contributed by atoms with Gasteiger partial charge in [0.25, 0.3) is 5.56 Å². The Balaban J connectivity index is 2.50. The highest BCUT2D eigenvalue weighted by molar-refractivity contribution is 7.89. The molecule has 0 fully saturated rings. The Morgan fingerprint density at radius 3 is 2.48 bits per heavy atom. The number of nitrogens with one attached hydrogen (secondary N) is 1. The zero-order valence-corrected chi connectivity index (χ0v) is 13.4. The summed E-state index contributed by atoms with van der Waals surface area (Å²) in [5, 5.41) is 1.83. The molecule has 1 N–H and O–H groups in total. The molecule has 2 aromatic heterocycles. The van der Waals surface area contributed by atoms with Crippen LogP contribution in [0, 0.1) is 6.92 Å². The summed E-state index contributed by atoms with van der Waals surface area (Å²) in [6.07, 6.45) is 0. The predicted octanol–water partition coefficient (Wildman–Crippen LogP) is -0.0676. The van der Waals surface area contributed by atoms with E-state index in [0.717, 1.165) is 14.0 Å². The topological polar surface area (TPSA) is 90.2 Å². The normalized spacial score (nSPS) is 11.8. The van der Waals surface area contributed by atoms with Crippen LogP contribution in [0.2, 0.25) is 0 Å². The third-order valence-corrected chi connectivity index (χ3v) is 5.60. The molecule has 2 aromatic rings. The van der Waals surface area contributed by atoms with E-state index in [0.29, 0.717) is 0 Å². The first-order valence-corrected chi connectivity index (χ1v) is 8.40. The number of hydrogen-bond donors (Lipinski definition) is 1. The average Bonchev–Trinajstić information content (AvgIpc) is 2.94. The van der Waals surface area contributed by atoms with Crippen LogP contribution in [0.25, 0.3) is 0 Å². The predicted molar refractivity (Wildman–Crippen MR) is 80.0 cm³/mol. The quantitative estimate of drug-likeness (QED) is 0.850. The van der Waals surface area contributed by atoms with Crippen molar-refractivity contribution < 1.29 is 8.42 Å². The van der Waals surface area contributed by atoms with Crippen LogP contribution in [0.5, 0.6) is 0 Å². The highest BCUT2D eigenvalue weighted by atomic mass is 32.2. The van der Waals surface area contributed by atoms with Gasteiger partial charge in [0.1, 0.15) is 0 Å². The van der Waals surface area contributed by atoms with Crippen LogP contribution in [-0.2, 0) is 30.7 Å².